The fraction of sp³-hybridized carbons (Fsp3) is 0.706. The van der Waals surface area contributed by atoms with E-state index in [1.165, 1.54) is 4.90 Å². The first-order valence-electron chi connectivity index (χ1n) is 8.46. The summed E-state index contributed by atoms with van der Waals surface area (Å²) in [6.07, 6.45) is 2.10. The van der Waals surface area contributed by atoms with Crippen molar-refractivity contribution in [2.24, 2.45) is 4.99 Å². The highest BCUT2D eigenvalue weighted by molar-refractivity contribution is 5.85. The summed E-state index contributed by atoms with van der Waals surface area (Å²) in [6.45, 7) is 11.2. The summed E-state index contributed by atoms with van der Waals surface area (Å²) >= 11 is 0. The summed E-state index contributed by atoms with van der Waals surface area (Å²) in [5, 5.41) is 6.04. The fourth-order valence-corrected chi connectivity index (χ4v) is 2.26. The second-order valence-electron chi connectivity index (χ2n) is 7.18. The minimum atomic E-state index is -0.521. The summed E-state index contributed by atoms with van der Waals surface area (Å²) in [5.41, 5.74) is -0.521. The van der Waals surface area contributed by atoms with Crippen molar-refractivity contribution < 1.29 is 14.3 Å². The molecule has 0 spiro atoms. The van der Waals surface area contributed by atoms with E-state index >= 15 is 0 Å². The van der Waals surface area contributed by atoms with Gasteiger partial charge >= 0.3 is 6.09 Å². The predicted molar refractivity (Wildman–Crippen MR) is 98.5 cm³/mol. The number of guanidine groups is 1. The van der Waals surface area contributed by atoms with E-state index in [1.54, 1.807) is 20.2 Å². The molecule has 2 amide bonds. The van der Waals surface area contributed by atoms with Gasteiger partial charge in [0.2, 0.25) is 5.91 Å². The Balaban J connectivity index is 2.63. The monoisotopic (exact) mass is 353 g/mol. The Bertz CT molecular complexity index is 511. The van der Waals surface area contributed by atoms with Crippen LogP contribution in [0.1, 0.15) is 27.2 Å². The van der Waals surface area contributed by atoms with Crippen LogP contribution in [-0.4, -0.2) is 79.7 Å². The van der Waals surface area contributed by atoms with Crippen molar-refractivity contribution in [3.8, 4) is 0 Å². The topological polar surface area (TPSA) is 86.3 Å². The largest absolute Gasteiger partial charge is 0.444 e. The molecule has 0 bridgehead atoms. The first-order valence-corrected chi connectivity index (χ1v) is 8.46. The van der Waals surface area contributed by atoms with Gasteiger partial charge in [0.25, 0.3) is 0 Å². The highest BCUT2D eigenvalue weighted by atomic mass is 16.6. The molecule has 8 heteroatoms. The third-order valence-corrected chi connectivity index (χ3v) is 3.48. The number of alkyl carbamates (subject to hydrolysis) is 1. The molecule has 1 fully saturated rings. The molecule has 2 N–H and O–H groups in total. The molecule has 25 heavy (non-hydrogen) atoms. The van der Waals surface area contributed by atoms with Crippen LogP contribution in [0.5, 0.6) is 0 Å². The van der Waals surface area contributed by atoms with Gasteiger partial charge in [-0.1, -0.05) is 6.08 Å². The van der Waals surface area contributed by atoms with Gasteiger partial charge < -0.3 is 25.2 Å². The second-order valence-corrected chi connectivity index (χ2v) is 7.18. The highest BCUT2D eigenvalue weighted by Gasteiger charge is 2.28. The Morgan fingerprint density at radius 2 is 2.08 bits per heavy atom. The first kappa shape index (κ1) is 20.8. The number of rotatable bonds is 5. The van der Waals surface area contributed by atoms with Gasteiger partial charge in [-0.25, -0.2) is 9.79 Å². The summed E-state index contributed by atoms with van der Waals surface area (Å²) < 4.78 is 5.29. The van der Waals surface area contributed by atoms with E-state index in [4.69, 9.17) is 4.74 Å². The Kier molecular flexibility index (Phi) is 7.73. The number of aliphatic imine (C=N–C) groups is 1. The normalized spacial score (nSPS) is 17.9. The number of likely N-dealkylation sites (tertiary alicyclic amines) is 1. The first-order chi connectivity index (χ1) is 11.6. The van der Waals surface area contributed by atoms with Gasteiger partial charge in [-0.05, 0) is 27.2 Å². The van der Waals surface area contributed by atoms with E-state index in [9.17, 15) is 9.59 Å². The number of hydrogen-bond acceptors (Lipinski definition) is 4. The Morgan fingerprint density at radius 3 is 2.64 bits per heavy atom. The zero-order chi connectivity index (χ0) is 19.0. The predicted octanol–water partition coefficient (Wildman–Crippen LogP) is 0.805. The van der Waals surface area contributed by atoms with E-state index < -0.39 is 11.7 Å². The molecule has 0 aromatic heterocycles. The summed E-state index contributed by atoms with van der Waals surface area (Å²) in [4.78, 5) is 31.6. The van der Waals surface area contributed by atoms with Crippen molar-refractivity contribution in [1.29, 1.82) is 0 Å². The maximum absolute atomic E-state index is 11.9. The van der Waals surface area contributed by atoms with E-state index in [1.807, 2.05) is 25.7 Å². The van der Waals surface area contributed by atoms with Crippen LogP contribution < -0.4 is 10.6 Å². The number of ether oxygens (including phenoxy) is 1. The molecule has 1 rings (SSSR count). The highest BCUT2D eigenvalue weighted by Crippen LogP contribution is 2.12. The van der Waals surface area contributed by atoms with Crippen LogP contribution in [0.15, 0.2) is 17.6 Å². The van der Waals surface area contributed by atoms with Crippen LogP contribution in [0.2, 0.25) is 0 Å². The third-order valence-electron chi connectivity index (χ3n) is 3.48. The van der Waals surface area contributed by atoms with Crippen molar-refractivity contribution in [3.05, 3.63) is 12.7 Å². The molecule has 0 aromatic carbocycles. The van der Waals surface area contributed by atoms with Gasteiger partial charge in [0, 0.05) is 33.7 Å². The summed E-state index contributed by atoms with van der Waals surface area (Å²) in [7, 11) is 3.40. The number of nitrogens with zero attached hydrogens (tertiary/aromatic N) is 3. The fourth-order valence-electron chi connectivity index (χ4n) is 2.26. The van der Waals surface area contributed by atoms with Crippen LogP contribution >= 0.6 is 0 Å². The molecule has 1 aliphatic heterocycles. The molecule has 1 atom stereocenters. The van der Waals surface area contributed by atoms with Gasteiger partial charge in [0.15, 0.2) is 5.96 Å². The molecule has 0 aromatic rings. The lowest BCUT2D eigenvalue weighted by atomic mass is 10.2. The summed E-state index contributed by atoms with van der Waals surface area (Å²) in [6, 6.07) is -0.0184. The van der Waals surface area contributed by atoms with Crippen LogP contribution in [0.4, 0.5) is 4.79 Å². The molecular weight excluding hydrogens is 322 g/mol. The minimum Gasteiger partial charge on any atom is -0.444 e. The quantitative estimate of drug-likeness (QED) is 0.434. The van der Waals surface area contributed by atoms with Gasteiger partial charge in [0.1, 0.15) is 12.1 Å². The average molecular weight is 353 g/mol. The number of carbonyl (C=O) groups excluding carboxylic acids is 2. The molecule has 0 aliphatic carbocycles. The van der Waals surface area contributed by atoms with Crippen LogP contribution in [0.25, 0.3) is 0 Å². The van der Waals surface area contributed by atoms with Gasteiger partial charge in [-0.2, -0.15) is 0 Å². The molecule has 8 nitrogen and oxygen atoms in total. The van der Waals surface area contributed by atoms with Crippen LogP contribution in [-0.2, 0) is 9.53 Å². The number of hydrogen-bond donors (Lipinski definition) is 2. The molecule has 0 radical (unpaired) electrons. The number of carbonyl (C=O) groups is 2. The SMILES string of the molecule is C=CCNC(=NCC(=O)N(C)C)N1CCC(NC(=O)OC(C)(C)C)C1. The maximum atomic E-state index is 11.9. The van der Waals surface area contributed by atoms with E-state index in [0.717, 1.165) is 13.0 Å². The van der Waals surface area contributed by atoms with E-state index in [-0.39, 0.29) is 18.5 Å². The number of amides is 2. The lowest BCUT2D eigenvalue weighted by Gasteiger charge is -2.23. The summed E-state index contributed by atoms with van der Waals surface area (Å²) in [5.74, 6) is 0.573. The molecule has 1 saturated heterocycles. The molecule has 1 aliphatic rings. The molecular formula is C17H31N5O3. The third kappa shape index (κ3) is 7.91. The van der Waals surface area contributed by atoms with E-state index in [0.29, 0.717) is 19.0 Å². The zero-order valence-electron chi connectivity index (χ0n) is 16.0. The second kappa shape index (κ2) is 9.29. The Labute approximate surface area is 150 Å². The molecule has 1 unspecified atom stereocenters. The zero-order valence-corrected chi connectivity index (χ0v) is 16.0. The molecule has 1 heterocycles. The minimum absolute atomic E-state index is 0.0184. The molecule has 142 valence electrons. The smallest absolute Gasteiger partial charge is 0.407 e. The van der Waals surface area contributed by atoms with Crippen molar-refractivity contribution in [1.82, 2.24) is 20.4 Å². The number of likely N-dealkylation sites (N-methyl/N-ethyl adjacent to an activating group) is 1. The van der Waals surface area contributed by atoms with Crippen molar-refractivity contribution >= 4 is 18.0 Å². The average Bonchev–Trinajstić information content (AvgIpc) is 2.93. The molecule has 0 saturated carbocycles. The van der Waals surface area contributed by atoms with Crippen molar-refractivity contribution in [2.45, 2.75) is 38.8 Å². The van der Waals surface area contributed by atoms with Crippen LogP contribution in [0.3, 0.4) is 0 Å². The van der Waals surface area contributed by atoms with Gasteiger partial charge in [-0.3, -0.25) is 4.79 Å². The lowest BCUT2D eigenvalue weighted by Crippen LogP contribution is -2.44. The lowest BCUT2D eigenvalue weighted by molar-refractivity contribution is -0.127. The van der Waals surface area contributed by atoms with Crippen LogP contribution in [0, 0.1) is 0 Å². The standard InChI is InChI=1S/C17H31N5O3/c1-7-9-18-15(19-11-14(23)21(5)6)22-10-8-13(12-22)20-16(24)25-17(2,3)4/h7,13H,1,8-12H2,2-6H3,(H,18,19)(H,20,24). The van der Waals surface area contributed by atoms with Gasteiger partial charge in [0.05, 0.1) is 6.04 Å². The Morgan fingerprint density at radius 1 is 1.40 bits per heavy atom. The van der Waals surface area contributed by atoms with Crippen molar-refractivity contribution in [2.75, 3.05) is 40.3 Å². The maximum Gasteiger partial charge on any atom is 0.407 e. The van der Waals surface area contributed by atoms with Gasteiger partial charge in [-0.15, -0.1) is 6.58 Å². The van der Waals surface area contributed by atoms with E-state index in [2.05, 4.69) is 22.2 Å². The van der Waals surface area contributed by atoms with Crippen molar-refractivity contribution in [3.63, 3.8) is 0 Å². The Hall–Kier alpha value is -2.25. The number of nitrogens with one attached hydrogen (secondary N) is 2.